The average Bonchev–Trinajstić information content (AvgIpc) is 3.22. The van der Waals surface area contributed by atoms with Gasteiger partial charge in [0.2, 0.25) is 10.0 Å². The second-order valence-electron chi connectivity index (χ2n) is 8.53. The highest BCUT2D eigenvalue weighted by Crippen LogP contribution is 2.38. The number of sulfonamides is 1. The molecule has 1 aromatic heterocycles. The van der Waals surface area contributed by atoms with Gasteiger partial charge in [0.05, 0.1) is 32.6 Å². The third-order valence-electron chi connectivity index (χ3n) is 5.52. The molecule has 0 radical (unpaired) electrons. The molecule has 1 aliphatic heterocycles. The highest BCUT2D eigenvalue weighted by Gasteiger charge is 2.29. The summed E-state index contributed by atoms with van der Waals surface area (Å²) in [7, 11) is -7.23. The molecule has 2 aromatic carbocycles. The number of amides is 1. The van der Waals surface area contributed by atoms with Crippen LogP contribution < -0.4 is 5.14 Å². The lowest BCUT2D eigenvalue weighted by atomic mass is 10.1. The van der Waals surface area contributed by atoms with E-state index in [0.29, 0.717) is 34.8 Å². The van der Waals surface area contributed by atoms with Crippen molar-refractivity contribution in [3.63, 3.8) is 0 Å². The maximum Gasteiger partial charge on any atom is 0.283 e. The van der Waals surface area contributed by atoms with E-state index in [1.54, 1.807) is 29.2 Å². The number of hydrogen-bond donors (Lipinski definition) is 1. The SMILES string of the molecule is CC1CN(C(=O)c2nc(-c3ccc(S(C)(=O)=O)cc3)c(-c3ccc(S(N)(=O)=O)cc3)s2)CC(C)O1. The van der Waals surface area contributed by atoms with Gasteiger partial charge in [-0.3, -0.25) is 4.79 Å². The minimum absolute atomic E-state index is 0.0302. The quantitative estimate of drug-likeness (QED) is 0.530. The zero-order chi connectivity index (χ0) is 25.5. The highest BCUT2D eigenvalue weighted by atomic mass is 32.2. The van der Waals surface area contributed by atoms with Crippen LogP contribution in [-0.2, 0) is 24.6 Å². The molecule has 0 spiro atoms. The van der Waals surface area contributed by atoms with Gasteiger partial charge in [-0.1, -0.05) is 24.3 Å². The van der Waals surface area contributed by atoms with Crippen LogP contribution in [0.1, 0.15) is 23.6 Å². The maximum absolute atomic E-state index is 13.3. The van der Waals surface area contributed by atoms with E-state index in [2.05, 4.69) is 4.98 Å². The summed E-state index contributed by atoms with van der Waals surface area (Å²) in [6, 6.07) is 12.3. The number of primary sulfonamides is 1. The van der Waals surface area contributed by atoms with Crippen molar-refractivity contribution in [2.24, 2.45) is 5.14 Å². The van der Waals surface area contributed by atoms with Crippen LogP contribution >= 0.6 is 11.3 Å². The first-order valence-corrected chi connectivity index (χ1v) is 15.0. The number of morpholine rings is 1. The van der Waals surface area contributed by atoms with Gasteiger partial charge in [-0.25, -0.2) is 27.0 Å². The number of rotatable bonds is 5. The number of sulfone groups is 1. The Hall–Kier alpha value is -2.64. The number of ether oxygens (including phenoxy) is 1. The Labute approximate surface area is 208 Å². The number of aromatic nitrogens is 1. The molecule has 4 rings (SSSR count). The molecule has 3 aromatic rings. The molecule has 2 atom stereocenters. The van der Waals surface area contributed by atoms with Gasteiger partial charge in [0, 0.05) is 24.9 Å². The molecule has 186 valence electrons. The van der Waals surface area contributed by atoms with Gasteiger partial charge in [0.1, 0.15) is 0 Å². The smallest absolute Gasteiger partial charge is 0.283 e. The maximum atomic E-state index is 13.3. The number of carbonyl (C=O) groups is 1. The van der Waals surface area contributed by atoms with Crippen molar-refractivity contribution in [3.8, 4) is 21.7 Å². The fraction of sp³-hybridized carbons (Fsp3) is 0.304. The van der Waals surface area contributed by atoms with Crippen molar-refractivity contribution in [2.75, 3.05) is 19.3 Å². The first kappa shape index (κ1) is 25.5. The largest absolute Gasteiger partial charge is 0.372 e. The number of nitrogens with two attached hydrogens (primary N) is 1. The van der Waals surface area contributed by atoms with E-state index in [4.69, 9.17) is 9.88 Å². The van der Waals surface area contributed by atoms with Crippen molar-refractivity contribution >= 4 is 37.1 Å². The summed E-state index contributed by atoms with van der Waals surface area (Å²) < 4.78 is 52.8. The van der Waals surface area contributed by atoms with E-state index in [1.807, 2.05) is 13.8 Å². The monoisotopic (exact) mass is 535 g/mol. The van der Waals surface area contributed by atoms with E-state index in [1.165, 1.54) is 35.6 Å². The zero-order valence-electron chi connectivity index (χ0n) is 19.3. The molecule has 2 unspecified atom stereocenters. The Balaban J connectivity index is 1.79. The van der Waals surface area contributed by atoms with Gasteiger partial charge in [0.25, 0.3) is 5.91 Å². The second-order valence-corrected chi connectivity index (χ2v) is 13.1. The zero-order valence-corrected chi connectivity index (χ0v) is 21.8. The van der Waals surface area contributed by atoms with Crippen LogP contribution in [0.2, 0.25) is 0 Å². The summed E-state index contributed by atoms with van der Waals surface area (Å²) in [6.45, 7) is 4.70. The van der Waals surface area contributed by atoms with E-state index >= 15 is 0 Å². The molecule has 0 aliphatic carbocycles. The van der Waals surface area contributed by atoms with Gasteiger partial charge in [0.15, 0.2) is 14.8 Å². The molecule has 1 saturated heterocycles. The standard InChI is InChI=1S/C23H25N3O6S3/c1-14-12-26(13-15(2)32-14)23(27)22-25-20(16-4-8-18(9-5-16)34(3,28)29)21(33-22)17-6-10-19(11-7-17)35(24,30)31/h4-11,14-15H,12-13H2,1-3H3,(H2,24,30,31). The minimum atomic E-state index is -3.86. The molecular formula is C23H25N3O6S3. The number of carbonyl (C=O) groups excluding carboxylic acids is 1. The fourth-order valence-electron chi connectivity index (χ4n) is 3.94. The van der Waals surface area contributed by atoms with Gasteiger partial charge in [-0.2, -0.15) is 0 Å². The van der Waals surface area contributed by atoms with E-state index in [9.17, 15) is 21.6 Å². The molecule has 9 nitrogen and oxygen atoms in total. The van der Waals surface area contributed by atoms with Crippen LogP contribution in [0.15, 0.2) is 58.3 Å². The predicted octanol–water partition coefficient (Wildman–Crippen LogP) is 2.78. The molecule has 0 bridgehead atoms. The Morgan fingerprint density at radius 1 is 0.943 bits per heavy atom. The van der Waals surface area contributed by atoms with E-state index in [0.717, 1.165) is 6.26 Å². The third-order valence-corrected chi connectivity index (χ3v) is 8.67. The van der Waals surface area contributed by atoms with Crippen molar-refractivity contribution in [3.05, 3.63) is 53.5 Å². The highest BCUT2D eigenvalue weighted by molar-refractivity contribution is 7.90. The normalized spacial score (nSPS) is 19.0. The average molecular weight is 536 g/mol. The number of hydrogen-bond acceptors (Lipinski definition) is 8. The molecule has 1 aliphatic rings. The van der Waals surface area contributed by atoms with Gasteiger partial charge in [-0.05, 0) is 43.7 Å². The second kappa shape index (κ2) is 9.43. The van der Waals surface area contributed by atoms with Crippen LogP contribution in [0.5, 0.6) is 0 Å². The minimum Gasteiger partial charge on any atom is -0.372 e. The first-order chi connectivity index (χ1) is 16.3. The van der Waals surface area contributed by atoms with E-state index in [-0.39, 0.29) is 32.9 Å². The number of thiazole rings is 1. The van der Waals surface area contributed by atoms with E-state index < -0.39 is 19.9 Å². The molecular weight excluding hydrogens is 510 g/mol. The van der Waals surface area contributed by atoms with Crippen LogP contribution in [0.3, 0.4) is 0 Å². The molecule has 0 saturated carbocycles. The third kappa shape index (κ3) is 5.62. The Morgan fingerprint density at radius 3 is 1.97 bits per heavy atom. The summed E-state index contributed by atoms with van der Waals surface area (Å²) in [5.41, 5.74) is 1.78. The van der Waals surface area contributed by atoms with Crippen LogP contribution in [-0.4, -0.2) is 64.2 Å². The molecule has 35 heavy (non-hydrogen) atoms. The Bertz CT molecular complexity index is 1360. The summed E-state index contributed by atoms with van der Waals surface area (Å²) in [5.74, 6) is -0.224. The van der Waals surface area contributed by atoms with Crippen molar-refractivity contribution in [2.45, 2.75) is 35.8 Å². The van der Waals surface area contributed by atoms with Crippen molar-refractivity contribution in [1.29, 1.82) is 0 Å². The van der Waals surface area contributed by atoms with Crippen LogP contribution in [0.4, 0.5) is 0 Å². The fourth-order valence-corrected chi connectivity index (χ4v) is 6.14. The van der Waals surface area contributed by atoms with Gasteiger partial charge >= 0.3 is 0 Å². The van der Waals surface area contributed by atoms with Gasteiger partial charge < -0.3 is 9.64 Å². The van der Waals surface area contributed by atoms with Crippen LogP contribution in [0.25, 0.3) is 21.7 Å². The molecule has 2 heterocycles. The topological polar surface area (TPSA) is 137 Å². The Morgan fingerprint density at radius 2 is 1.46 bits per heavy atom. The summed E-state index contributed by atoms with van der Waals surface area (Å²) in [4.78, 5) is 20.5. The molecule has 1 fully saturated rings. The molecule has 1 amide bonds. The van der Waals surface area contributed by atoms with Crippen LogP contribution in [0, 0.1) is 0 Å². The lowest BCUT2D eigenvalue weighted by molar-refractivity contribution is -0.0586. The number of nitrogens with zero attached hydrogens (tertiary/aromatic N) is 2. The van der Waals surface area contributed by atoms with Crippen molar-refractivity contribution < 1.29 is 26.4 Å². The van der Waals surface area contributed by atoms with Gasteiger partial charge in [-0.15, -0.1) is 11.3 Å². The summed E-state index contributed by atoms with van der Waals surface area (Å²) >= 11 is 1.19. The lowest BCUT2D eigenvalue weighted by Gasteiger charge is -2.34. The predicted molar refractivity (Wildman–Crippen MR) is 133 cm³/mol. The number of benzene rings is 2. The molecule has 12 heteroatoms. The summed E-state index contributed by atoms with van der Waals surface area (Å²) in [6.07, 6.45) is 0.927. The Kier molecular flexibility index (Phi) is 6.86. The van der Waals surface area contributed by atoms with Crippen molar-refractivity contribution in [1.82, 2.24) is 9.88 Å². The summed E-state index contributed by atoms with van der Waals surface area (Å²) in [5, 5.41) is 5.49. The first-order valence-electron chi connectivity index (χ1n) is 10.7. The lowest BCUT2D eigenvalue weighted by Crippen LogP contribution is -2.48. The molecule has 2 N–H and O–H groups in total.